The highest BCUT2D eigenvalue weighted by molar-refractivity contribution is 7.22. The zero-order valence-electron chi connectivity index (χ0n) is 17.7. The van der Waals surface area contributed by atoms with E-state index in [1.54, 1.807) is 43.6 Å². The Labute approximate surface area is 185 Å². The number of hydrogen-bond acceptors (Lipinski definition) is 7. The van der Waals surface area contributed by atoms with E-state index in [1.807, 2.05) is 18.2 Å². The van der Waals surface area contributed by atoms with Crippen molar-refractivity contribution in [3.8, 4) is 11.5 Å². The average Bonchev–Trinajstić information content (AvgIpc) is 3.14. The summed E-state index contributed by atoms with van der Waals surface area (Å²) in [6.07, 6.45) is 6.62. The van der Waals surface area contributed by atoms with Crippen LogP contribution in [0.15, 0.2) is 36.5 Å². The van der Waals surface area contributed by atoms with E-state index in [-0.39, 0.29) is 11.7 Å². The lowest BCUT2D eigenvalue weighted by Crippen LogP contribution is -2.28. The molecule has 3 aromatic rings. The fourth-order valence-corrected chi connectivity index (χ4v) is 5.05. The van der Waals surface area contributed by atoms with E-state index in [0.717, 1.165) is 41.0 Å². The van der Waals surface area contributed by atoms with E-state index in [0.29, 0.717) is 35.6 Å². The van der Waals surface area contributed by atoms with Crippen molar-refractivity contribution in [3.05, 3.63) is 42.2 Å². The number of rotatable bonds is 7. The maximum Gasteiger partial charge on any atom is 0.269 e. The number of fused-ring (bicyclic) bond motifs is 1. The van der Waals surface area contributed by atoms with Crippen molar-refractivity contribution in [2.75, 3.05) is 12.4 Å². The number of Topliss-reactive ketones (excluding diaryl/α,β-unsaturated/α-hetero) is 1. The molecule has 7 nitrogen and oxygen atoms in total. The minimum absolute atomic E-state index is 0.257. The van der Waals surface area contributed by atoms with Gasteiger partial charge in [0.05, 0.1) is 10.2 Å². The molecule has 0 spiro atoms. The van der Waals surface area contributed by atoms with Gasteiger partial charge in [0.2, 0.25) is 0 Å². The Hall–Kier alpha value is -3.00. The van der Waals surface area contributed by atoms with Crippen LogP contribution in [0.1, 0.15) is 49.5 Å². The molecule has 2 N–H and O–H groups in total. The zero-order valence-corrected chi connectivity index (χ0v) is 18.5. The molecule has 0 aliphatic heterocycles. The van der Waals surface area contributed by atoms with E-state index in [4.69, 9.17) is 9.72 Å². The molecule has 31 heavy (non-hydrogen) atoms. The van der Waals surface area contributed by atoms with Crippen LogP contribution in [0.5, 0.6) is 11.5 Å². The number of pyridine rings is 1. The average molecular weight is 439 g/mol. The number of thiazole rings is 1. The molecule has 1 amide bonds. The van der Waals surface area contributed by atoms with E-state index in [9.17, 15) is 9.59 Å². The standard InChI is InChI=1S/C23H26N4O3S/c1-14(28)10-15-4-3-5-16(11-15)26-23-27-19-7-6-17(13-21(19)31-23)30-18-8-9-25-20(12-18)22(29)24-2/h6-9,12-13,15-16H,3-5,10-11H2,1-2H3,(H,24,29)(H,26,27). The number of amides is 1. The fourth-order valence-electron chi connectivity index (χ4n) is 4.08. The first-order chi connectivity index (χ1) is 15.0. The van der Waals surface area contributed by atoms with Gasteiger partial charge in [0, 0.05) is 37.8 Å². The predicted molar refractivity (Wildman–Crippen MR) is 122 cm³/mol. The number of carbonyl (C=O) groups excluding carboxylic acids is 2. The second kappa shape index (κ2) is 9.43. The molecular formula is C23H26N4O3S. The maximum absolute atomic E-state index is 11.8. The second-order valence-corrected chi connectivity index (χ2v) is 9.02. The number of ketones is 1. The van der Waals surface area contributed by atoms with Crippen LogP contribution < -0.4 is 15.4 Å². The SMILES string of the molecule is CNC(=O)c1cc(Oc2ccc3nc(NC4CCCC(CC(C)=O)C4)sc3c2)ccn1. The number of anilines is 1. The molecule has 0 saturated heterocycles. The van der Waals surface area contributed by atoms with Gasteiger partial charge in [-0.15, -0.1) is 0 Å². The van der Waals surface area contributed by atoms with Crippen molar-refractivity contribution >= 4 is 38.4 Å². The summed E-state index contributed by atoms with van der Waals surface area (Å²) in [6, 6.07) is 9.45. The fraction of sp³-hybridized carbons (Fsp3) is 0.391. The van der Waals surface area contributed by atoms with Crippen molar-refractivity contribution in [3.63, 3.8) is 0 Å². The zero-order chi connectivity index (χ0) is 21.8. The number of benzene rings is 1. The number of nitrogens with one attached hydrogen (secondary N) is 2. The van der Waals surface area contributed by atoms with E-state index < -0.39 is 0 Å². The van der Waals surface area contributed by atoms with E-state index >= 15 is 0 Å². The van der Waals surface area contributed by atoms with Crippen LogP contribution in [0.4, 0.5) is 5.13 Å². The highest BCUT2D eigenvalue weighted by Gasteiger charge is 2.23. The Balaban J connectivity index is 1.45. The van der Waals surface area contributed by atoms with Crippen molar-refractivity contribution in [1.29, 1.82) is 0 Å². The Morgan fingerprint density at radius 1 is 1.19 bits per heavy atom. The van der Waals surface area contributed by atoms with Crippen molar-refractivity contribution in [2.45, 2.75) is 45.1 Å². The van der Waals surface area contributed by atoms with Gasteiger partial charge in [-0.1, -0.05) is 17.8 Å². The monoisotopic (exact) mass is 438 g/mol. The third kappa shape index (κ3) is 5.38. The Morgan fingerprint density at radius 3 is 2.84 bits per heavy atom. The van der Waals surface area contributed by atoms with Crippen LogP contribution in [0.2, 0.25) is 0 Å². The summed E-state index contributed by atoms with van der Waals surface area (Å²) < 4.78 is 6.96. The molecule has 1 fully saturated rings. The second-order valence-electron chi connectivity index (χ2n) is 7.99. The van der Waals surface area contributed by atoms with Gasteiger partial charge in [-0.2, -0.15) is 0 Å². The lowest BCUT2D eigenvalue weighted by Gasteiger charge is -2.29. The van der Waals surface area contributed by atoms with E-state index in [2.05, 4.69) is 15.6 Å². The van der Waals surface area contributed by atoms with Gasteiger partial charge < -0.3 is 20.2 Å². The van der Waals surface area contributed by atoms with Gasteiger partial charge in [-0.3, -0.25) is 9.78 Å². The van der Waals surface area contributed by atoms with Gasteiger partial charge in [-0.25, -0.2) is 4.98 Å². The first-order valence-corrected chi connectivity index (χ1v) is 11.3. The number of hydrogen-bond donors (Lipinski definition) is 2. The summed E-state index contributed by atoms with van der Waals surface area (Å²) in [6.45, 7) is 1.68. The molecule has 1 aromatic carbocycles. The first kappa shape index (κ1) is 21.2. The van der Waals surface area contributed by atoms with Crippen LogP contribution in [0.3, 0.4) is 0 Å². The summed E-state index contributed by atoms with van der Waals surface area (Å²) in [7, 11) is 1.57. The molecule has 0 bridgehead atoms. The van der Waals surface area contributed by atoms with Crippen molar-refractivity contribution < 1.29 is 14.3 Å². The maximum atomic E-state index is 11.8. The lowest BCUT2D eigenvalue weighted by atomic mass is 9.83. The van der Waals surface area contributed by atoms with Crippen LogP contribution in [0.25, 0.3) is 10.2 Å². The van der Waals surface area contributed by atoms with Crippen LogP contribution in [-0.2, 0) is 4.79 Å². The topological polar surface area (TPSA) is 93.2 Å². The summed E-state index contributed by atoms with van der Waals surface area (Å²) >= 11 is 1.60. The van der Waals surface area contributed by atoms with Crippen molar-refractivity contribution in [2.24, 2.45) is 5.92 Å². The predicted octanol–water partition coefficient (Wildman–Crippen LogP) is 4.79. The van der Waals surface area contributed by atoms with Gasteiger partial charge in [0.25, 0.3) is 5.91 Å². The summed E-state index contributed by atoms with van der Waals surface area (Å²) in [5.41, 5.74) is 1.22. The molecular weight excluding hydrogens is 412 g/mol. The molecule has 4 rings (SSSR count). The smallest absolute Gasteiger partial charge is 0.269 e. The number of nitrogens with zero attached hydrogens (tertiary/aromatic N) is 2. The summed E-state index contributed by atoms with van der Waals surface area (Å²) in [5.74, 6) is 1.71. The molecule has 1 aliphatic rings. The quantitative estimate of drug-likeness (QED) is 0.551. The molecule has 2 atom stereocenters. The number of aromatic nitrogens is 2. The summed E-state index contributed by atoms with van der Waals surface area (Å²) in [4.78, 5) is 32.0. The first-order valence-electron chi connectivity index (χ1n) is 10.5. The molecule has 2 aromatic heterocycles. The minimum Gasteiger partial charge on any atom is -0.457 e. The minimum atomic E-state index is -0.257. The highest BCUT2D eigenvalue weighted by Crippen LogP contribution is 2.34. The molecule has 1 aliphatic carbocycles. The van der Waals surface area contributed by atoms with Gasteiger partial charge in [0.15, 0.2) is 5.13 Å². The number of carbonyl (C=O) groups is 2. The molecule has 0 radical (unpaired) electrons. The molecule has 2 unspecified atom stereocenters. The largest absolute Gasteiger partial charge is 0.457 e. The lowest BCUT2D eigenvalue weighted by molar-refractivity contribution is -0.118. The molecule has 8 heteroatoms. The Bertz CT molecular complexity index is 1100. The number of ether oxygens (including phenoxy) is 1. The normalized spacial score (nSPS) is 18.5. The Kier molecular flexibility index (Phi) is 6.46. The van der Waals surface area contributed by atoms with Crippen molar-refractivity contribution in [1.82, 2.24) is 15.3 Å². The van der Waals surface area contributed by atoms with Crippen LogP contribution in [-0.4, -0.2) is 34.7 Å². The highest BCUT2D eigenvalue weighted by atomic mass is 32.1. The molecule has 2 heterocycles. The van der Waals surface area contributed by atoms with Gasteiger partial charge in [0.1, 0.15) is 23.0 Å². The molecule has 162 valence electrons. The van der Waals surface area contributed by atoms with Gasteiger partial charge in [-0.05, 0) is 50.3 Å². The van der Waals surface area contributed by atoms with Crippen LogP contribution >= 0.6 is 11.3 Å². The van der Waals surface area contributed by atoms with Gasteiger partial charge >= 0.3 is 0 Å². The Morgan fingerprint density at radius 2 is 2.03 bits per heavy atom. The molecule has 1 saturated carbocycles. The van der Waals surface area contributed by atoms with E-state index in [1.165, 1.54) is 0 Å². The third-order valence-corrected chi connectivity index (χ3v) is 6.42. The third-order valence-electron chi connectivity index (χ3n) is 5.47. The van der Waals surface area contributed by atoms with Crippen LogP contribution in [0, 0.1) is 5.92 Å². The summed E-state index contributed by atoms with van der Waals surface area (Å²) in [5, 5.41) is 7.02.